The Balaban J connectivity index is 1.84. The highest BCUT2D eigenvalue weighted by Crippen LogP contribution is 2.37. The van der Waals surface area contributed by atoms with E-state index >= 15 is 0 Å². The first-order chi connectivity index (χ1) is 15.5. The Morgan fingerprint density at radius 1 is 0.812 bits per heavy atom. The van der Waals surface area contributed by atoms with E-state index in [2.05, 4.69) is 0 Å². The van der Waals surface area contributed by atoms with Crippen molar-refractivity contribution in [1.29, 1.82) is 0 Å². The molecule has 3 aromatic carbocycles. The number of hydrogen-bond donors (Lipinski definition) is 0. The molecule has 5 nitrogen and oxygen atoms in total. The molecule has 2 amide bonds. The van der Waals surface area contributed by atoms with Gasteiger partial charge in [-0.1, -0.05) is 48.0 Å². The van der Waals surface area contributed by atoms with Crippen LogP contribution in [0.5, 0.6) is 5.75 Å². The molecule has 0 saturated heterocycles. The van der Waals surface area contributed by atoms with Crippen molar-refractivity contribution in [2.75, 3.05) is 23.0 Å². The van der Waals surface area contributed by atoms with Crippen LogP contribution in [0.2, 0.25) is 0 Å². The zero-order chi connectivity index (χ0) is 22.7. The van der Waals surface area contributed by atoms with Crippen LogP contribution in [0.3, 0.4) is 0 Å². The molecule has 0 aliphatic carbocycles. The Bertz CT molecular complexity index is 1150. The lowest BCUT2D eigenvalue weighted by Crippen LogP contribution is -2.35. The summed E-state index contributed by atoms with van der Waals surface area (Å²) in [6.45, 7) is 6.98. The molecule has 0 atom stereocenters. The van der Waals surface area contributed by atoms with Crippen molar-refractivity contribution in [1.82, 2.24) is 0 Å². The van der Waals surface area contributed by atoms with Crippen molar-refractivity contribution in [3.63, 3.8) is 0 Å². The summed E-state index contributed by atoms with van der Waals surface area (Å²) in [5.74, 6) is 0.0367. The lowest BCUT2D eigenvalue weighted by Gasteiger charge is -2.25. The second-order valence-corrected chi connectivity index (χ2v) is 7.54. The largest absolute Gasteiger partial charge is 0.494 e. The number of ether oxygens (including phenoxy) is 1. The van der Waals surface area contributed by atoms with Gasteiger partial charge < -0.3 is 9.64 Å². The Labute approximate surface area is 188 Å². The number of nitrogens with zero attached hydrogens (tertiary/aromatic N) is 2. The summed E-state index contributed by atoms with van der Waals surface area (Å²) in [4.78, 5) is 30.6. The van der Waals surface area contributed by atoms with Gasteiger partial charge >= 0.3 is 0 Å². The Morgan fingerprint density at radius 3 is 2.06 bits per heavy atom. The first kappa shape index (κ1) is 21.4. The zero-order valence-corrected chi connectivity index (χ0v) is 18.5. The lowest BCUT2D eigenvalue weighted by molar-refractivity contribution is -0.120. The van der Waals surface area contributed by atoms with E-state index in [1.165, 1.54) is 4.90 Å². The van der Waals surface area contributed by atoms with Gasteiger partial charge in [0.2, 0.25) is 0 Å². The first-order valence-electron chi connectivity index (χ1n) is 10.8. The SMILES string of the molecule is CCOc1ccc(N2C(=O)C(c3ccc(C)cc3)=C(N(CC)c3ccccc3)C2=O)cc1. The molecule has 1 aliphatic heterocycles. The first-order valence-corrected chi connectivity index (χ1v) is 10.8. The highest BCUT2D eigenvalue weighted by molar-refractivity contribution is 6.46. The van der Waals surface area contributed by atoms with Gasteiger partial charge in [-0.05, 0) is 62.7 Å². The van der Waals surface area contributed by atoms with Gasteiger partial charge in [-0.25, -0.2) is 4.90 Å². The molecule has 0 fully saturated rings. The van der Waals surface area contributed by atoms with Crippen molar-refractivity contribution in [2.24, 2.45) is 0 Å². The number of para-hydroxylation sites is 1. The maximum Gasteiger partial charge on any atom is 0.282 e. The van der Waals surface area contributed by atoms with E-state index < -0.39 is 0 Å². The molecule has 0 bridgehead atoms. The number of hydrogen-bond acceptors (Lipinski definition) is 4. The third-order valence-electron chi connectivity index (χ3n) is 5.46. The standard InChI is InChI=1S/C27H26N2O3/c1-4-28(21-9-7-6-8-10-21)25-24(20-13-11-19(3)12-14-20)26(30)29(27(25)31)22-15-17-23(18-16-22)32-5-2/h6-18H,4-5H2,1-3H3. The summed E-state index contributed by atoms with van der Waals surface area (Å²) in [6.07, 6.45) is 0. The number of rotatable bonds is 7. The monoisotopic (exact) mass is 426 g/mol. The fraction of sp³-hybridized carbons (Fsp3) is 0.185. The van der Waals surface area contributed by atoms with Gasteiger partial charge in [0, 0.05) is 12.2 Å². The number of aryl methyl sites for hydroxylation is 1. The molecule has 1 aliphatic rings. The minimum absolute atomic E-state index is 0.326. The van der Waals surface area contributed by atoms with Crippen LogP contribution in [0.4, 0.5) is 11.4 Å². The molecule has 162 valence electrons. The van der Waals surface area contributed by atoms with Crippen LogP contribution >= 0.6 is 0 Å². The Morgan fingerprint density at radius 2 is 1.47 bits per heavy atom. The highest BCUT2D eigenvalue weighted by atomic mass is 16.5. The molecule has 0 spiro atoms. The lowest BCUT2D eigenvalue weighted by atomic mass is 10.0. The average molecular weight is 427 g/mol. The summed E-state index contributed by atoms with van der Waals surface area (Å²) in [5.41, 5.74) is 4.01. The van der Waals surface area contributed by atoms with Crippen molar-refractivity contribution < 1.29 is 14.3 Å². The third-order valence-corrected chi connectivity index (χ3v) is 5.46. The number of anilines is 2. The Hall–Kier alpha value is -3.86. The smallest absolute Gasteiger partial charge is 0.282 e. The summed E-state index contributed by atoms with van der Waals surface area (Å²) in [6, 6.07) is 24.4. The van der Waals surface area contributed by atoms with Crippen LogP contribution in [0.1, 0.15) is 25.0 Å². The third kappa shape index (κ3) is 3.89. The number of benzene rings is 3. The van der Waals surface area contributed by atoms with Gasteiger partial charge in [-0.2, -0.15) is 0 Å². The number of carbonyl (C=O) groups is 2. The van der Waals surface area contributed by atoms with E-state index in [1.807, 2.05) is 80.3 Å². The molecule has 0 unspecified atom stereocenters. The number of imide groups is 1. The number of amides is 2. The molecule has 3 aromatic rings. The molecule has 0 aromatic heterocycles. The van der Waals surface area contributed by atoms with Crippen molar-refractivity contribution in [3.8, 4) is 5.75 Å². The molecule has 1 heterocycles. The fourth-order valence-corrected chi connectivity index (χ4v) is 3.92. The van der Waals surface area contributed by atoms with Crippen LogP contribution in [-0.2, 0) is 9.59 Å². The summed E-state index contributed by atoms with van der Waals surface area (Å²) in [7, 11) is 0. The summed E-state index contributed by atoms with van der Waals surface area (Å²) in [5, 5.41) is 0. The molecule has 0 saturated carbocycles. The molecular formula is C27H26N2O3. The van der Waals surface area contributed by atoms with E-state index in [0.717, 1.165) is 16.8 Å². The van der Waals surface area contributed by atoms with Gasteiger partial charge in [0.15, 0.2) is 0 Å². The number of carbonyl (C=O) groups excluding carboxylic acids is 2. The van der Waals surface area contributed by atoms with Gasteiger partial charge in [0.25, 0.3) is 11.8 Å². The van der Waals surface area contributed by atoms with Crippen LogP contribution in [0, 0.1) is 6.92 Å². The predicted octanol–water partition coefficient (Wildman–Crippen LogP) is 5.20. The van der Waals surface area contributed by atoms with E-state index in [1.54, 1.807) is 24.3 Å². The van der Waals surface area contributed by atoms with Crippen molar-refractivity contribution >= 4 is 28.8 Å². The van der Waals surface area contributed by atoms with E-state index in [9.17, 15) is 9.59 Å². The zero-order valence-electron chi connectivity index (χ0n) is 18.5. The number of likely N-dealkylation sites (N-methyl/N-ethyl adjacent to an activating group) is 1. The normalized spacial score (nSPS) is 13.7. The molecular weight excluding hydrogens is 400 g/mol. The molecule has 0 radical (unpaired) electrons. The molecule has 0 N–H and O–H groups in total. The van der Waals surface area contributed by atoms with Gasteiger partial charge in [-0.15, -0.1) is 0 Å². The van der Waals surface area contributed by atoms with E-state index in [-0.39, 0.29) is 11.8 Å². The van der Waals surface area contributed by atoms with Gasteiger partial charge in [0.05, 0.1) is 17.9 Å². The predicted molar refractivity (Wildman–Crippen MR) is 128 cm³/mol. The van der Waals surface area contributed by atoms with Crippen molar-refractivity contribution in [2.45, 2.75) is 20.8 Å². The second kappa shape index (κ2) is 9.10. The fourth-order valence-electron chi connectivity index (χ4n) is 3.92. The van der Waals surface area contributed by atoms with Crippen LogP contribution in [0.15, 0.2) is 84.6 Å². The average Bonchev–Trinajstić information content (AvgIpc) is 3.07. The second-order valence-electron chi connectivity index (χ2n) is 7.54. The summed E-state index contributed by atoms with van der Waals surface area (Å²) >= 11 is 0. The maximum atomic E-state index is 13.7. The molecule has 4 rings (SSSR count). The van der Waals surface area contributed by atoms with E-state index in [0.29, 0.717) is 35.9 Å². The quantitative estimate of drug-likeness (QED) is 0.487. The minimum Gasteiger partial charge on any atom is -0.494 e. The Kier molecular flexibility index (Phi) is 6.08. The van der Waals surface area contributed by atoms with E-state index in [4.69, 9.17) is 4.74 Å². The van der Waals surface area contributed by atoms with Crippen LogP contribution in [-0.4, -0.2) is 25.0 Å². The van der Waals surface area contributed by atoms with Gasteiger partial charge in [0.1, 0.15) is 11.4 Å². The molecule has 32 heavy (non-hydrogen) atoms. The summed E-state index contributed by atoms with van der Waals surface area (Å²) < 4.78 is 5.51. The highest BCUT2D eigenvalue weighted by Gasteiger charge is 2.42. The maximum absolute atomic E-state index is 13.7. The minimum atomic E-state index is -0.333. The van der Waals surface area contributed by atoms with Crippen LogP contribution < -0.4 is 14.5 Å². The van der Waals surface area contributed by atoms with Crippen LogP contribution in [0.25, 0.3) is 5.57 Å². The van der Waals surface area contributed by atoms with Crippen molar-refractivity contribution in [3.05, 3.63) is 95.7 Å². The van der Waals surface area contributed by atoms with Gasteiger partial charge in [-0.3, -0.25) is 9.59 Å². The molecule has 5 heteroatoms. The topological polar surface area (TPSA) is 49.9 Å².